The summed E-state index contributed by atoms with van der Waals surface area (Å²) in [6.07, 6.45) is 7.44. The quantitative estimate of drug-likeness (QED) is 0.166. The molecule has 1 heterocycles. The van der Waals surface area contributed by atoms with Gasteiger partial charge in [-0.3, -0.25) is 19.2 Å². The predicted molar refractivity (Wildman–Crippen MR) is 171 cm³/mol. The van der Waals surface area contributed by atoms with E-state index < -0.39 is 70.5 Å². The van der Waals surface area contributed by atoms with Crippen molar-refractivity contribution < 1.29 is 33.5 Å². The average molecular weight is 646 g/mol. The minimum atomic E-state index is -1.10. The Labute approximate surface area is 273 Å². The number of nitrogens with two attached hydrogens (primary N) is 1. The normalized spacial score (nSPS) is 23.7. The van der Waals surface area contributed by atoms with Gasteiger partial charge in [0.25, 0.3) is 5.91 Å². The van der Waals surface area contributed by atoms with Crippen LogP contribution in [-0.4, -0.2) is 77.2 Å². The van der Waals surface area contributed by atoms with Crippen molar-refractivity contribution in [2.24, 2.45) is 40.2 Å². The molecule has 258 valence electrons. The molecule has 0 aromatic rings. The number of ether oxygens (including phenoxy) is 1. The third kappa shape index (κ3) is 9.00. The number of nitrogens with zero attached hydrogens (tertiary/aromatic N) is 1. The highest BCUT2D eigenvalue weighted by Crippen LogP contribution is 2.46. The molecule has 0 aromatic carbocycles. The van der Waals surface area contributed by atoms with Crippen molar-refractivity contribution >= 4 is 35.5 Å². The van der Waals surface area contributed by atoms with E-state index in [2.05, 4.69) is 16.0 Å². The second-order valence-electron chi connectivity index (χ2n) is 16.2. The Bertz CT molecular complexity index is 1180. The highest BCUT2D eigenvalue weighted by Gasteiger charge is 2.48. The molecule has 4 rings (SSSR count). The highest BCUT2D eigenvalue weighted by molar-refractivity contribution is 6.37. The lowest BCUT2D eigenvalue weighted by atomic mass is 9.85. The first-order valence-electron chi connectivity index (χ1n) is 17.1. The molecule has 0 bridgehead atoms. The summed E-state index contributed by atoms with van der Waals surface area (Å²) in [5, 5.41) is 8.36. The number of urea groups is 1. The topological polar surface area (TPSA) is 177 Å². The average Bonchev–Trinajstić information content (AvgIpc) is 3.80. The smallest absolute Gasteiger partial charge is 0.329 e. The van der Waals surface area contributed by atoms with Crippen LogP contribution in [-0.2, 0) is 28.7 Å². The maximum absolute atomic E-state index is 14.2. The summed E-state index contributed by atoms with van der Waals surface area (Å²) in [6.45, 7) is 13.3. The van der Waals surface area contributed by atoms with Crippen LogP contribution in [0.1, 0.15) is 106 Å². The number of Topliss-reactive ketones (excluding diaryl/α,β-unsaturated/α-hetero) is 1. The van der Waals surface area contributed by atoms with Gasteiger partial charge in [0.2, 0.25) is 17.6 Å². The van der Waals surface area contributed by atoms with Crippen LogP contribution in [0.2, 0.25) is 0 Å². The first-order chi connectivity index (χ1) is 21.4. The molecule has 3 saturated carbocycles. The van der Waals surface area contributed by atoms with Gasteiger partial charge in [-0.05, 0) is 73.0 Å². The molecule has 12 heteroatoms. The van der Waals surface area contributed by atoms with Gasteiger partial charge in [0, 0.05) is 6.54 Å². The van der Waals surface area contributed by atoms with Gasteiger partial charge in [0.05, 0.1) is 6.04 Å². The summed E-state index contributed by atoms with van der Waals surface area (Å²) in [5.41, 5.74) is 3.87. The zero-order chi connectivity index (χ0) is 34.1. The number of ketones is 1. The van der Waals surface area contributed by atoms with Crippen molar-refractivity contribution in [3.8, 4) is 0 Å². The van der Waals surface area contributed by atoms with E-state index in [1.807, 2.05) is 48.5 Å². The molecule has 1 saturated heterocycles. The number of carbonyl (C=O) groups excluding carboxylic acids is 6. The molecular weight excluding hydrogens is 590 g/mol. The van der Waals surface area contributed by atoms with Gasteiger partial charge in [-0.25, -0.2) is 9.59 Å². The molecular formula is C34H55N5O7. The molecule has 0 radical (unpaired) electrons. The lowest BCUT2D eigenvalue weighted by Gasteiger charge is -2.37. The van der Waals surface area contributed by atoms with Crippen molar-refractivity contribution in [3.05, 3.63) is 0 Å². The van der Waals surface area contributed by atoms with Crippen LogP contribution < -0.4 is 21.7 Å². The van der Waals surface area contributed by atoms with Crippen molar-refractivity contribution in [2.75, 3.05) is 6.54 Å². The van der Waals surface area contributed by atoms with E-state index >= 15 is 0 Å². The fourth-order valence-corrected chi connectivity index (χ4v) is 6.61. The van der Waals surface area contributed by atoms with Gasteiger partial charge in [0.15, 0.2) is 0 Å². The summed E-state index contributed by atoms with van der Waals surface area (Å²) in [6, 6.07) is -4.57. The lowest BCUT2D eigenvalue weighted by Crippen LogP contribution is -2.62. The van der Waals surface area contributed by atoms with Gasteiger partial charge >= 0.3 is 12.0 Å². The monoisotopic (exact) mass is 645 g/mol. The minimum absolute atomic E-state index is 0.113. The highest BCUT2D eigenvalue weighted by atomic mass is 16.5. The zero-order valence-electron chi connectivity index (χ0n) is 28.6. The van der Waals surface area contributed by atoms with E-state index in [-0.39, 0.29) is 17.9 Å². The van der Waals surface area contributed by atoms with Crippen LogP contribution in [0.15, 0.2) is 0 Å². The van der Waals surface area contributed by atoms with E-state index in [9.17, 15) is 28.8 Å². The van der Waals surface area contributed by atoms with E-state index in [0.717, 1.165) is 38.5 Å². The SMILES string of the molecule is CC[C@H]1CCN(C(=O)[C@@H](NC(=O)N[C@H](C(=O)OC(C2CC2)C2CC2)C(C)(C)C)C(C)(C)C)[C@@H]1C(=O)NC(CC1CC1)C(=O)C(N)=O. The van der Waals surface area contributed by atoms with Gasteiger partial charge in [-0.15, -0.1) is 0 Å². The third-order valence-electron chi connectivity index (χ3n) is 9.93. The number of nitrogens with one attached hydrogen (secondary N) is 3. The Morgan fingerprint density at radius 2 is 1.35 bits per heavy atom. The van der Waals surface area contributed by atoms with Gasteiger partial charge in [-0.1, -0.05) is 67.7 Å². The Morgan fingerprint density at radius 3 is 1.80 bits per heavy atom. The van der Waals surface area contributed by atoms with Crippen LogP contribution in [0, 0.1) is 34.5 Å². The Kier molecular flexibility index (Phi) is 10.8. The van der Waals surface area contributed by atoms with Crippen LogP contribution in [0.5, 0.6) is 0 Å². The van der Waals surface area contributed by atoms with Crippen molar-refractivity contribution in [1.82, 2.24) is 20.9 Å². The molecule has 4 aliphatic rings. The number of hydrogen-bond donors (Lipinski definition) is 4. The lowest BCUT2D eigenvalue weighted by molar-refractivity contribution is -0.156. The molecule has 0 aromatic heterocycles. The number of rotatable bonds is 14. The predicted octanol–water partition coefficient (Wildman–Crippen LogP) is 2.81. The Hall–Kier alpha value is -3.18. The van der Waals surface area contributed by atoms with Crippen LogP contribution in [0.25, 0.3) is 0 Å². The van der Waals surface area contributed by atoms with Gasteiger partial charge < -0.3 is 31.3 Å². The number of amides is 5. The summed E-state index contributed by atoms with van der Waals surface area (Å²) >= 11 is 0. The minimum Gasteiger partial charge on any atom is -0.460 e. The second kappa shape index (κ2) is 13.9. The molecule has 12 nitrogen and oxygen atoms in total. The number of esters is 1. The van der Waals surface area contributed by atoms with E-state index in [4.69, 9.17) is 10.5 Å². The number of likely N-dealkylation sites (tertiary alicyclic amines) is 1. The molecule has 5 atom stereocenters. The Balaban J connectivity index is 1.48. The standard InChI is InChI=1S/C34H55N5O7/c1-8-19-15-16-39(23(19)29(42)36-22(17-18-9-10-18)24(40)28(35)41)30(43)26(33(2,3)4)37-32(45)38-27(34(5,6)7)31(44)46-25(20-11-12-20)21-13-14-21/h18-23,25-27H,8-17H2,1-7H3,(H2,35,41)(H,36,42)(H2,37,38,45)/t19-,22?,23-,26+,27+/m0/s1. The summed E-state index contributed by atoms with van der Waals surface area (Å²) < 4.78 is 5.99. The van der Waals surface area contributed by atoms with Gasteiger partial charge in [-0.2, -0.15) is 0 Å². The molecule has 3 aliphatic carbocycles. The van der Waals surface area contributed by atoms with Crippen molar-refractivity contribution in [2.45, 2.75) is 137 Å². The van der Waals surface area contributed by atoms with Crippen LogP contribution in [0.4, 0.5) is 4.79 Å². The fraction of sp³-hybridized carbons (Fsp3) is 0.824. The van der Waals surface area contributed by atoms with Gasteiger partial charge in [0.1, 0.15) is 24.2 Å². The maximum Gasteiger partial charge on any atom is 0.329 e. The molecule has 1 unspecified atom stereocenters. The van der Waals surface area contributed by atoms with E-state index in [1.165, 1.54) is 4.90 Å². The second-order valence-corrected chi connectivity index (χ2v) is 16.2. The van der Waals surface area contributed by atoms with E-state index in [0.29, 0.717) is 37.6 Å². The fourth-order valence-electron chi connectivity index (χ4n) is 6.61. The molecule has 0 spiro atoms. The number of primary amides is 1. The van der Waals surface area contributed by atoms with Crippen molar-refractivity contribution in [1.29, 1.82) is 0 Å². The van der Waals surface area contributed by atoms with Crippen LogP contribution >= 0.6 is 0 Å². The molecule has 5 amide bonds. The Morgan fingerprint density at radius 1 is 0.804 bits per heavy atom. The summed E-state index contributed by atoms with van der Waals surface area (Å²) in [4.78, 5) is 80.7. The third-order valence-corrected chi connectivity index (χ3v) is 9.93. The molecule has 46 heavy (non-hydrogen) atoms. The van der Waals surface area contributed by atoms with Crippen molar-refractivity contribution in [3.63, 3.8) is 0 Å². The largest absolute Gasteiger partial charge is 0.460 e. The zero-order valence-corrected chi connectivity index (χ0v) is 28.6. The molecule has 4 fully saturated rings. The first kappa shape index (κ1) is 35.7. The van der Waals surface area contributed by atoms with E-state index in [1.54, 1.807) is 0 Å². The van der Waals surface area contributed by atoms with Crippen LogP contribution in [0.3, 0.4) is 0 Å². The summed E-state index contributed by atoms with van der Waals surface area (Å²) in [7, 11) is 0. The molecule has 5 N–H and O–H groups in total. The first-order valence-corrected chi connectivity index (χ1v) is 17.1. The maximum atomic E-state index is 14.2. The number of carbonyl (C=O) groups is 6. The molecule has 1 aliphatic heterocycles. The summed E-state index contributed by atoms with van der Waals surface area (Å²) in [5.74, 6) is -2.51. The number of hydrogen-bond acceptors (Lipinski definition) is 7.